The zero-order valence-corrected chi connectivity index (χ0v) is 11.7. The van der Waals surface area contributed by atoms with Crippen LogP contribution in [0, 0.1) is 11.3 Å². The van der Waals surface area contributed by atoms with E-state index in [-0.39, 0.29) is 0 Å². The molecule has 1 N–H and O–H groups in total. The van der Waals surface area contributed by atoms with Gasteiger partial charge in [-0.25, -0.2) is 0 Å². The quantitative estimate of drug-likeness (QED) is 0.889. The molecule has 0 spiro atoms. The first-order valence-corrected chi connectivity index (χ1v) is 6.56. The highest BCUT2D eigenvalue weighted by Crippen LogP contribution is 2.35. The Kier molecular flexibility index (Phi) is 3.81. The van der Waals surface area contributed by atoms with Gasteiger partial charge in [-0.05, 0) is 23.9 Å². The highest BCUT2D eigenvalue weighted by molar-refractivity contribution is 5.48. The Bertz CT molecular complexity index is 409. The van der Waals surface area contributed by atoms with Crippen LogP contribution in [0.15, 0.2) is 18.2 Å². The van der Waals surface area contributed by atoms with Gasteiger partial charge in [0.2, 0.25) is 6.79 Å². The van der Waals surface area contributed by atoms with Crippen LogP contribution in [0.1, 0.15) is 33.3 Å². The minimum Gasteiger partial charge on any atom is -0.454 e. The number of rotatable bonds is 4. The Labute approximate surface area is 109 Å². The molecule has 0 saturated carbocycles. The summed E-state index contributed by atoms with van der Waals surface area (Å²) in [6.45, 7) is 11.3. The topological polar surface area (TPSA) is 30.5 Å². The number of hydrogen-bond donors (Lipinski definition) is 1. The van der Waals surface area contributed by atoms with Crippen molar-refractivity contribution in [3.63, 3.8) is 0 Å². The van der Waals surface area contributed by atoms with Gasteiger partial charge in [0.25, 0.3) is 0 Å². The summed E-state index contributed by atoms with van der Waals surface area (Å²) in [5.41, 5.74) is 1.51. The van der Waals surface area contributed by atoms with Gasteiger partial charge in [0, 0.05) is 12.1 Å². The van der Waals surface area contributed by atoms with Crippen molar-refractivity contribution in [2.75, 3.05) is 13.3 Å². The van der Waals surface area contributed by atoms with Crippen LogP contribution in [0.25, 0.3) is 0 Å². The molecule has 3 nitrogen and oxygen atoms in total. The number of benzene rings is 1. The molecule has 3 heteroatoms. The van der Waals surface area contributed by atoms with Crippen molar-refractivity contribution < 1.29 is 9.47 Å². The van der Waals surface area contributed by atoms with Crippen LogP contribution in [-0.4, -0.2) is 13.3 Å². The first-order chi connectivity index (χ1) is 8.48. The predicted molar refractivity (Wildman–Crippen MR) is 72.9 cm³/mol. The third kappa shape index (κ3) is 2.96. The van der Waals surface area contributed by atoms with E-state index in [4.69, 9.17) is 9.47 Å². The van der Waals surface area contributed by atoms with Crippen molar-refractivity contribution in [2.45, 2.75) is 34.2 Å². The Hall–Kier alpha value is -1.22. The van der Waals surface area contributed by atoms with Gasteiger partial charge >= 0.3 is 0 Å². The maximum absolute atomic E-state index is 5.49. The molecule has 0 aromatic heterocycles. The van der Waals surface area contributed by atoms with Crippen LogP contribution in [0.3, 0.4) is 0 Å². The third-order valence-electron chi connectivity index (χ3n) is 3.72. The summed E-state index contributed by atoms with van der Waals surface area (Å²) >= 11 is 0. The first-order valence-electron chi connectivity index (χ1n) is 6.56. The molecule has 100 valence electrons. The second-order valence-electron chi connectivity index (χ2n) is 6.05. The fraction of sp³-hybridized carbons (Fsp3) is 0.600. The molecule has 0 fully saturated rings. The predicted octanol–water partition coefficient (Wildman–Crippen LogP) is 3.19. The lowest BCUT2D eigenvalue weighted by molar-refractivity contribution is 0.173. The lowest BCUT2D eigenvalue weighted by Crippen LogP contribution is -2.29. The molecule has 0 saturated heterocycles. The molecule has 2 rings (SSSR count). The van der Waals surface area contributed by atoms with E-state index in [9.17, 15) is 0 Å². The number of para-hydroxylation sites is 1. The fourth-order valence-corrected chi connectivity index (χ4v) is 1.86. The number of ether oxygens (including phenoxy) is 2. The summed E-state index contributed by atoms with van der Waals surface area (Å²) in [4.78, 5) is 0. The standard InChI is InChI=1S/C15H23NO2/c1-11(15(2,3)4)8-16-9-12-6-5-7-13-14(12)18-10-17-13/h5-7,11,16H,8-10H2,1-4H3. The van der Waals surface area contributed by atoms with Crippen molar-refractivity contribution in [1.29, 1.82) is 0 Å². The summed E-state index contributed by atoms with van der Waals surface area (Å²) in [6, 6.07) is 6.05. The van der Waals surface area contributed by atoms with Crippen LogP contribution in [0.2, 0.25) is 0 Å². The summed E-state index contributed by atoms with van der Waals surface area (Å²) in [7, 11) is 0. The lowest BCUT2D eigenvalue weighted by atomic mass is 9.82. The average Bonchev–Trinajstić information content (AvgIpc) is 2.76. The van der Waals surface area contributed by atoms with Crippen LogP contribution in [0.4, 0.5) is 0 Å². The van der Waals surface area contributed by atoms with Gasteiger partial charge in [0.05, 0.1) is 0 Å². The summed E-state index contributed by atoms with van der Waals surface area (Å²) in [5, 5.41) is 3.50. The van der Waals surface area contributed by atoms with Crippen molar-refractivity contribution >= 4 is 0 Å². The number of fused-ring (bicyclic) bond motifs is 1. The van der Waals surface area contributed by atoms with E-state index in [1.807, 2.05) is 12.1 Å². The Balaban J connectivity index is 1.90. The first kappa shape index (κ1) is 13.2. The molecule has 0 amide bonds. The second kappa shape index (κ2) is 5.19. The molecule has 0 radical (unpaired) electrons. The van der Waals surface area contributed by atoms with Crippen molar-refractivity contribution in [2.24, 2.45) is 11.3 Å². The minimum absolute atomic E-state index is 0.338. The Morgan fingerprint density at radius 2 is 2.06 bits per heavy atom. The third-order valence-corrected chi connectivity index (χ3v) is 3.72. The fourth-order valence-electron chi connectivity index (χ4n) is 1.86. The zero-order chi connectivity index (χ0) is 13.2. The molecule has 1 heterocycles. The molecule has 1 unspecified atom stereocenters. The van der Waals surface area contributed by atoms with Crippen LogP contribution in [0.5, 0.6) is 11.5 Å². The molecule has 1 aromatic rings. The van der Waals surface area contributed by atoms with Crippen molar-refractivity contribution in [3.8, 4) is 11.5 Å². The van der Waals surface area contributed by atoms with E-state index in [2.05, 4.69) is 39.1 Å². The number of nitrogens with one attached hydrogen (secondary N) is 1. The molecule has 1 atom stereocenters. The minimum atomic E-state index is 0.338. The Morgan fingerprint density at radius 1 is 1.28 bits per heavy atom. The molecule has 1 aliphatic rings. The summed E-state index contributed by atoms with van der Waals surface area (Å²) in [5.74, 6) is 2.39. The van der Waals surface area contributed by atoms with Crippen molar-refractivity contribution in [1.82, 2.24) is 5.32 Å². The van der Waals surface area contributed by atoms with E-state index in [1.54, 1.807) is 0 Å². The monoisotopic (exact) mass is 249 g/mol. The van der Waals surface area contributed by atoms with E-state index in [0.717, 1.165) is 24.6 Å². The van der Waals surface area contributed by atoms with E-state index in [0.29, 0.717) is 18.1 Å². The molecule has 0 bridgehead atoms. The highest BCUT2D eigenvalue weighted by Gasteiger charge is 2.20. The normalized spacial score (nSPS) is 15.8. The van der Waals surface area contributed by atoms with Crippen LogP contribution < -0.4 is 14.8 Å². The van der Waals surface area contributed by atoms with Gasteiger partial charge in [0.1, 0.15) is 0 Å². The highest BCUT2D eigenvalue weighted by atomic mass is 16.7. The number of hydrogen-bond acceptors (Lipinski definition) is 3. The molecular weight excluding hydrogens is 226 g/mol. The maximum Gasteiger partial charge on any atom is 0.231 e. The van der Waals surface area contributed by atoms with Gasteiger partial charge in [-0.1, -0.05) is 39.8 Å². The zero-order valence-electron chi connectivity index (χ0n) is 11.7. The molecule has 18 heavy (non-hydrogen) atoms. The molecular formula is C15H23NO2. The van der Waals surface area contributed by atoms with E-state index >= 15 is 0 Å². The van der Waals surface area contributed by atoms with Gasteiger partial charge < -0.3 is 14.8 Å². The summed E-state index contributed by atoms with van der Waals surface area (Å²) in [6.07, 6.45) is 0. The van der Waals surface area contributed by atoms with Gasteiger partial charge in [-0.15, -0.1) is 0 Å². The smallest absolute Gasteiger partial charge is 0.231 e. The molecule has 1 aliphatic heterocycles. The van der Waals surface area contributed by atoms with E-state index in [1.165, 1.54) is 5.56 Å². The van der Waals surface area contributed by atoms with Crippen LogP contribution >= 0.6 is 0 Å². The lowest BCUT2D eigenvalue weighted by Gasteiger charge is -2.27. The van der Waals surface area contributed by atoms with E-state index < -0.39 is 0 Å². The molecule has 1 aromatic carbocycles. The largest absolute Gasteiger partial charge is 0.454 e. The van der Waals surface area contributed by atoms with Crippen molar-refractivity contribution in [3.05, 3.63) is 23.8 Å². The Morgan fingerprint density at radius 3 is 2.78 bits per heavy atom. The van der Waals surface area contributed by atoms with Crippen LogP contribution in [-0.2, 0) is 6.54 Å². The van der Waals surface area contributed by atoms with Gasteiger partial charge in [0.15, 0.2) is 11.5 Å². The second-order valence-corrected chi connectivity index (χ2v) is 6.05. The molecule has 0 aliphatic carbocycles. The SMILES string of the molecule is CC(CNCc1cccc2c1OCO2)C(C)(C)C. The van der Waals surface area contributed by atoms with Gasteiger partial charge in [-0.3, -0.25) is 0 Å². The maximum atomic E-state index is 5.49. The summed E-state index contributed by atoms with van der Waals surface area (Å²) < 4.78 is 10.9. The average molecular weight is 249 g/mol. The van der Waals surface area contributed by atoms with Gasteiger partial charge in [-0.2, -0.15) is 0 Å².